The molecule has 1 unspecified atom stereocenters. The molecule has 0 fully saturated rings. The van der Waals surface area contributed by atoms with Crippen molar-refractivity contribution >= 4 is 0 Å². The topological polar surface area (TPSA) is 60.0 Å². The van der Waals surface area contributed by atoms with Crippen molar-refractivity contribution in [3.63, 3.8) is 0 Å². The van der Waals surface area contributed by atoms with E-state index < -0.39 is 0 Å². The quantitative estimate of drug-likeness (QED) is 0.844. The maximum absolute atomic E-state index is 5.55. The molecule has 5 nitrogen and oxygen atoms in total. The molecule has 2 aromatic rings. The first-order valence-corrected chi connectivity index (χ1v) is 6.93. The molecule has 0 radical (unpaired) electrons. The molecule has 0 saturated carbocycles. The highest BCUT2D eigenvalue weighted by molar-refractivity contribution is 5.44. The van der Waals surface area contributed by atoms with Gasteiger partial charge in [0.25, 0.3) is 0 Å². The van der Waals surface area contributed by atoms with E-state index in [0.29, 0.717) is 12.5 Å². The van der Waals surface area contributed by atoms with Gasteiger partial charge in [-0.2, -0.15) is 15.4 Å². The number of nitrogens with zero attached hydrogens (tertiary/aromatic N) is 2. The van der Waals surface area contributed by atoms with Gasteiger partial charge in [-0.1, -0.05) is 13.0 Å². The van der Waals surface area contributed by atoms with Crippen LogP contribution in [0.1, 0.15) is 37.4 Å². The summed E-state index contributed by atoms with van der Waals surface area (Å²) in [7, 11) is 1.67. The van der Waals surface area contributed by atoms with Gasteiger partial charge < -0.3 is 9.47 Å². The predicted octanol–water partition coefficient (Wildman–Crippen LogP) is 2.95. The van der Waals surface area contributed by atoms with Crippen LogP contribution in [0.5, 0.6) is 11.5 Å². The highest BCUT2D eigenvalue weighted by Crippen LogP contribution is 2.33. The van der Waals surface area contributed by atoms with Crippen molar-refractivity contribution in [2.45, 2.75) is 32.6 Å². The number of rotatable bonds is 7. The van der Waals surface area contributed by atoms with Crippen molar-refractivity contribution in [1.82, 2.24) is 15.4 Å². The SMILES string of the molecule is CCOc1ccc(C(CC)Cc2cn[nH]n2)cc1OC. The fraction of sp³-hybridized carbons (Fsp3) is 0.467. The summed E-state index contributed by atoms with van der Waals surface area (Å²) in [6.07, 6.45) is 3.67. The van der Waals surface area contributed by atoms with Gasteiger partial charge in [0.2, 0.25) is 0 Å². The van der Waals surface area contributed by atoms with Gasteiger partial charge in [0, 0.05) is 0 Å². The van der Waals surface area contributed by atoms with Gasteiger partial charge in [0.1, 0.15) is 0 Å². The van der Waals surface area contributed by atoms with Crippen molar-refractivity contribution in [3.8, 4) is 11.5 Å². The van der Waals surface area contributed by atoms with Crippen molar-refractivity contribution in [1.29, 1.82) is 0 Å². The minimum Gasteiger partial charge on any atom is -0.493 e. The predicted molar refractivity (Wildman–Crippen MR) is 77.3 cm³/mol. The molecule has 0 aliphatic heterocycles. The van der Waals surface area contributed by atoms with Crippen LogP contribution in [0.3, 0.4) is 0 Å². The Morgan fingerprint density at radius 1 is 1.25 bits per heavy atom. The zero-order valence-electron chi connectivity index (χ0n) is 12.2. The smallest absolute Gasteiger partial charge is 0.161 e. The Hall–Kier alpha value is -2.04. The molecule has 5 heteroatoms. The highest BCUT2D eigenvalue weighted by atomic mass is 16.5. The van der Waals surface area contributed by atoms with Crippen molar-refractivity contribution in [2.75, 3.05) is 13.7 Å². The van der Waals surface area contributed by atoms with Crippen LogP contribution in [0.25, 0.3) is 0 Å². The summed E-state index contributed by atoms with van der Waals surface area (Å²) >= 11 is 0. The first-order valence-electron chi connectivity index (χ1n) is 6.93. The summed E-state index contributed by atoms with van der Waals surface area (Å²) in [4.78, 5) is 0. The Kier molecular flexibility index (Phi) is 4.98. The van der Waals surface area contributed by atoms with E-state index in [0.717, 1.165) is 30.0 Å². The molecule has 0 aliphatic rings. The molecule has 1 N–H and O–H groups in total. The second-order valence-electron chi connectivity index (χ2n) is 4.61. The van der Waals surface area contributed by atoms with Crippen molar-refractivity contribution < 1.29 is 9.47 Å². The molecule has 1 aromatic carbocycles. The molecule has 1 heterocycles. The lowest BCUT2D eigenvalue weighted by molar-refractivity contribution is 0.310. The van der Waals surface area contributed by atoms with Crippen LogP contribution < -0.4 is 9.47 Å². The third kappa shape index (κ3) is 3.29. The van der Waals surface area contributed by atoms with E-state index in [2.05, 4.69) is 34.5 Å². The number of methoxy groups -OCH3 is 1. The van der Waals surface area contributed by atoms with Gasteiger partial charge in [-0.25, -0.2) is 0 Å². The highest BCUT2D eigenvalue weighted by Gasteiger charge is 2.15. The maximum Gasteiger partial charge on any atom is 0.161 e. The van der Waals surface area contributed by atoms with E-state index in [-0.39, 0.29) is 0 Å². The van der Waals surface area contributed by atoms with Crippen LogP contribution >= 0.6 is 0 Å². The van der Waals surface area contributed by atoms with Gasteiger partial charge in [0.05, 0.1) is 25.6 Å². The zero-order valence-corrected chi connectivity index (χ0v) is 12.2. The van der Waals surface area contributed by atoms with Crippen LogP contribution in [-0.2, 0) is 6.42 Å². The van der Waals surface area contributed by atoms with Gasteiger partial charge in [-0.05, 0) is 43.4 Å². The third-order valence-corrected chi connectivity index (χ3v) is 3.37. The van der Waals surface area contributed by atoms with E-state index in [1.165, 1.54) is 5.56 Å². The van der Waals surface area contributed by atoms with Gasteiger partial charge in [0.15, 0.2) is 11.5 Å². The van der Waals surface area contributed by atoms with E-state index in [1.54, 1.807) is 13.3 Å². The average Bonchev–Trinajstić information content (AvgIpc) is 2.98. The Labute approximate surface area is 119 Å². The van der Waals surface area contributed by atoms with Crippen molar-refractivity contribution in [3.05, 3.63) is 35.7 Å². The van der Waals surface area contributed by atoms with Crippen LogP contribution in [0.2, 0.25) is 0 Å². The number of H-pyrrole nitrogens is 1. The fourth-order valence-corrected chi connectivity index (χ4v) is 2.29. The molecule has 20 heavy (non-hydrogen) atoms. The molecule has 108 valence electrons. The van der Waals surface area contributed by atoms with E-state index in [1.807, 2.05) is 13.0 Å². The lowest BCUT2D eigenvalue weighted by Crippen LogP contribution is -2.04. The molecule has 0 bridgehead atoms. The average molecular weight is 275 g/mol. The van der Waals surface area contributed by atoms with Crippen LogP contribution in [0.15, 0.2) is 24.4 Å². The Bertz CT molecular complexity index is 526. The van der Waals surface area contributed by atoms with E-state index in [9.17, 15) is 0 Å². The summed E-state index contributed by atoms with van der Waals surface area (Å²) in [6.45, 7) is 4.77. The molecule has 2 rings (SSSR count). The molecule has 1 aromatic heterocycles. The van der Waals surface area contributed by atoms with Gasteiger partial charge >= 0.3 is 0 Å². The normalized spacial score (nSPS) is 12.2. The standard InChI is InChI=1S/C15H21N3O2/c1-4-11(8-13-10-16-18-17-13)12-6-7-14(20-5-2)15(9-12)19-3/h6-7,9-11H,4-5,8H2,1-3H3,(H,16,17,18). The second kappa shape index (κ2) is 6.93. The summed E-state index contributed by atoms with van der Waals surface area (Å²) < 4.78 is 11.0. The summed E-state index contributed by atoms with van der Waals surface area (Å²) in [6, 6.07) is 6.13. The Morgan fingerprint density at radius 2 is 2.10 bits per heavy atom. The third-order valence-electron chi connectivity index (χ3n) is 3.37. The number of nitrogens with one attached hydrogen (secondary N) is 1. The van der Waals surface area contributed by atoms with E-state index >= 15 is 0 Å². The van der Waals surface area contributed by atoms with Crippen molar-refractivity contribution in [2.24, 2.45) is 0 Å². The monoisotopic (exact) mass is 275 g/mol. The zero-order chi connectivity index (χ0) is 14.4. The first-order chi connectivity index (χ1) is 9.78. The van der Waals surface area contributed by atoms with Crippen LogP contribution in [0, 0.1) is 0 Å². The fourth-order valence-electron chi connectivity index (χ4n) is 2.29. The summed E-state index contributed by atoms with van der Waals surface area (Å²) in [5.41, 5.74) is 2.21. The molecular weight excluding hydrogens is 254 g/mol. The number of benzene rings is 1. The maximum atomic E-state index is 5.55. The minimum absolute atomic E-state index is 0.393. The van der Waals surface area contributed by atoms with Crippen LogP contribution in [0.4, 0.5) is 0 Å². The number of aromatic nitrogens is 3. The molecular formula is C15H21N3O2. The van der Waals surface area contributed by atoms with Crippen LogP contribution in [-0.4, -0.2) is 29.1 Å². The molecule has 0 aliphatic carbocycles. The minimum atomic E-state index is 0.393. The Morgan fingerprint density at radius 3 is 2.70 bits per heavy atom. The van der Waals surface area contributed by atoms with Gasteiger partial charge in [-0.3, -0.25) is 0 Å². The summed E-state index contributed by atoms with van der Waals surface area (Å²) in [5.74, 6) is 1.96. The number of aromatic amines is 1. The molecule has 0 spiro atoms. The molecule has 0 saturated heterocycles. The Balaban J connectivity index is 2.21. The second-order valence-corrected chi connectivity index (χ2v) is 4.61. The lowest BCUT2D eigenvalue weighted by atomic mass is 9.92. The molecule has 1 atom stereocenters. The summed E-state index contributed by atoms with van der Waals surface area (Å²) in [5, 5.41) is 10.6. The number of hydrogen-bond donors (Lipinski definition) is 1. The largest absolute Gasteiger partial charge is 0.493 e. The van der Waals surface area contributed by atoms with Gasteiger partial charge in [-0.15, -0.1) is 0 Å². The first kappa shape index (κ1) is 14.4. The number of ether oxygens (including phenoxy) is 2. The van der Waals surface area contributed by atoms with E-state index in [4.69, 9.17) is 9.47 Å². The molecule has 0 amide bonds. The lowest BCUT2D eigenvalue weighted by Gasteiger charge is -2.17. The number of hydrogen-bond acceptors (Lipinski definition) is 4.